The number of pyridine rings is 1. The van der Waals surface area contributed by atoms with Crippen LogP contribution in [0.3, 0.4) is 0 Å². The summed E-state index contributed by atoms with van der Waals surface area (Å²) in [6.07, 6.45) is 6.13. The van der Waals surface area contributed by atoms with Gasteiger partial charge in [-0.2, -0.15) is 5.10 Å². The van der Waals surface area contributed by atoms with Gasteiger partial charge in [0.05, 0.1) is 31.2 Å². The maximum Gasteiger partial charge on any atom is 0.231 e. The van der Waals surface area contributed by atoms with E-state index in [-0.39, 0.29) is 23.8 Å². The Morgan fingerprint density at radius 2 is 2.00 bits per heavy atom. The molecule has 1 unspecified atom stereocenters. The second-order valence-electron chi connectivity index (χ2n) is 7.32. The lowest BCUT2D eigenvalue weighted by atomic mass is 10.0. The van der Waals surface area contributed by atoms with Gasteiger partial charge in [-0.3, -0.25) is 14.6 Å². The third kappa shape index (κ3) is 4.22. The molecule has 2 aliphatic rings. The highest BCUT2D eigenvalue weighted by Crippen LogP contribution is 2.26. The summed E-state index contributed by atoms with van der Waals surface area (Å²) in [6.45, 7) is 2.49. The second-order valence-corrected chi connectivity index (χ2v) is 7.32. The molecule has 2 saturated heterocycles. The zero-order valence-electron chi connectivity index (χ0n) is 15.8. The molecule has 2 aliphatic heterocycles. The van der Waals surface area contributed by atoms with E-state index in [1.807, 2.05) is 33.8 Å². The van der Waals surface area contributed by atoms with Gasteiger partial charge >= 0.3 is 0 Å². The van der Waals surface area contributed by atoms with Crippen LogP contribution in [0.4, 0.5) is 5.82 Å². The van der Waals surface area contributed by atoms with Crippen molar-refractivity contribution in [2.45, 2.75) is 31.7 Å². The number of piperidine rings is 1. The molecule has 1 atom stereocenters. The summed E-state index contributed by atoms with van der Waals surface area (Å²) >= 11 is 0. The van der Waals surface area contributed by atoms with Crippen molar-refractivity contribution >= 4 is 17.6 Å². The Balaban J connectivity index is 1.32. The number of ether oxygens (including phenoxy) is 1. The van der Waals surface area contributed by atoms with E-state index >= 15 is 0 Å². The zero-order valence-corrected chi connectivity index (χ0v) is 15.8. The molecule has 1 N–H and O–H groups in total. The Bertz CT molecular complexity index is 808. The molecule has 28 heavy (non-hydrogen) atoms. The highest BCUT2D eigenvalue weighted by molar-refractivity contribution is 5.92. The van der Waals surface area contributed by atoms with Gasteiger partial charge in [-0.1, -0.05) is 6.07 Å². The number of nitrogens with zero attached hydrogens (tertiary/aromatic N) is 4. The average Bonchev–Trinajstić information content (AvgIpc) is 3.41. The fourth-order valence-corrected chi connectivity index (χ4v) is 3.80. The Kier molecular flexibility index (Phi) is 5.66. The van der Waals surface area contributed by atoms with E-state index in [2.05, 4.69) is 15.4 Å². The molecule has 8 nitrogen and oxygen atoms in total. The van der Waals surface area contributed by atoms with Crippen molar-refractivity contribution < 1.29 is 14.3 Å². The first-order chi connectivity index (χ1) is 13.7. The van der Waals surface area contributed by atoms with Gasteiger partial charge in [-0.25, -0.2) is 4.68 Å². The van der Waals surface area contributed by atoms with E-state index < -0.39 is 0 Å². The number of likely N-dealkylation sites (tertiary alicyclic amines) is 1. The second kappa shape index (κ2) is 8.52. The lowest BCUT2D eigenvalue weighted by Gasteiger charge is -2.32. The number of hydrogen-bond acceptors (Lipinski definition) is 5. The van der Waals surface area contributed by atoms with Crippen molar-refractivity contribution in [3.8, 4) is 0 Å². The molecule has 4 heterocycles. The number of carbonyl (C=O) groups is 2. The summed E-state index contributed by atoms with van der Waals surface area (Å²) in [4.78, 5) is 31.0. The Morgan fingerprint density at radius 1 is 1.14 bits per heavy atom. The largest absolute Gasteiger partial charge is 0.381 e. The summed E-state index contributed by atoms with van der Waals surface area (Å²) in [5.74, 6) is 0.721. The van der Waals surface area contributed by atoms with Gasteiger partial charge in [0, 0.05) is 37.7 Å². The van der Waals surface area contributed by atoms with Crippen molar-refractivity contribution in [3.63, 3.8) is 0 Å². The van der Waals surface area contributed by atoms with Gasteiger partial charge in [-0.05, 0) is 31.4 Å². The van der Waals surface area contributed by atoms with Crippen LogP contribution in [0.1, 0.15) is 31.0 Å². The van der Waals surface area contributed by atoms with Crippen LogP contribution in [0, 0.1) is 5.92 Å². The standard InChI is InChI=1S/C20H25N5O3/c26-19(13-16-3-1-2-8-21-16)24-10-5-17(6-11-24)25-18(4-9-22-25)23-20(27)15-7-12-28-14-15/h1-4,8-9,15,17H,5-7,10-14H2,(H,23,27). The number of anilines is 1. The van der Waals surface area contributed by atoms with E-state index in [9.17, 15) is 9.59 Å². The predicted octanol–water partition coefficient (Wildman–Crippen LogP) is 1.66. The third-order valence-corrected chi connectivity index (χ3v) is 5.44. The van der Waals surface area contributed by atoms with Crippen LogP contribution >= 0.6 is 0 Å². The molecule has 2 fully saturated rings. The average molecular weight is 383 g/mol. The molecule has 0 aliphatic carbocycles. The van der Waals surface area contributed by atoms with Crippen LogP contribution < -0.4 is 5.32 Å². The first kappa shape index (κ1) is 18.6. The van der Waals surface area contributed by atoms with E-state index in [1.54, 1.807) is 12.4 Å². The molecule has 2 amide bonds. The number of amides is 2. The molecule has 0 spiro atoms. The molecular weight excluding hydrogens is 358 g/mol. The minimum Gasteiger partial charge on any atom is -0.381 e. The molecule has 8 heteroatoms. The number of nitrogens with one attached hydrogen (secondary N) is 1. The summed E-state index contributed by atoms with van der Waals surface area (Å²) in [6, 6.07) is 7.61. The number of carbonyl (C=O) groups excluding carboxylic acids is 2. The van der Waals surface area contributed by atoms with Crippen molar-refractivity contribution in [3.05, 3.63) is 42.4 Å². The van der Waals surface area contributed by atoms with E-state index in [4.69, 9.17) is 4.74 Å². The predicted molar refractivity (Wildman–Crippen MR) is 103 cm³/mol. The van der Waals surface area contributed by atoms with Gasteiger partial charge in [-0.15, -0.1) is 0 Å². The van der Waals surface area contributed by atoms with Crippen molar-refractivity contribution in [2.75, 3.05) is 31.6 Å². The molecular formula is C20H25N5O3. The summed E-state index contributed by atoms with van der Waals surface area (Å²) in [5, 5.41) is 7.40. The molecule has 2 aromatic rings. The molecule has 0 aromatic carbocycles. The molecule has 0 bridgehead atoms. The lowest BCUT2D eigenvalue weighted by Crippen LogP contribution is -2.40. The highest BCUT2D eigenvalue weighted by Gasteiger charge is 2.28. The van der Waals surface area contributed by atoms with Crippen molar-refractivity contribution in [1.82, 2.24) is 19.7 Å². The van der Waals surface area contributed by atoms with Gasteiger partial charge in [0.2, 0.25) is 11.8 Å². The summed E-state index contributed by atoms with van der Waals surface area (Å²) in [5.41, 5.74) is 0.794. The topological polar surface area (TPSA) is 89.4 Å². The fourth-order valence-electron chi connectivity index (χ4n) is 3.80. The van der Waals surface area contributed by atoms with Gasteiger partial charge in [0.25, 0.3) is 0 Å². The maximum absolute atomic E-state index is 12.5. The summed E-state index contributed by atoms with van der Waals surface area (Å²) in [7, 11) is 0. The minimum absolute atomic E-state index is 0.0118. The Hall–Kier alpha value is -2.74. The number of rotatable bonds is 5. The van der Waals surface area contributed by atoms with E-state index in [0.717, 1.165) is 30.8 Å². The van der Waals surface area contributed by atoms with Gasteiger partial charge in [0.1, 0.15) is 5.82 Å². The van der Waals surface area contributed by atoms with E-state index in [0.29, 0.717) is 32.7 Å². The minimum atomic E-state index is -0.0885. The van der Waals surface area contributed by atoms with Crippen LogP contribution in [0.15, 0.2) is 36.7 Å². The van der Waals surface area contributed by atoms with Crippen LogP contribution in [-0.2, 0) is 20.7 Å². The van der Waals surface area contributed by atoms with Crippen LogP contribution in [-0.4, -0.2) is 57.8 Å². The fraction of sp³-hybridized carbons (Fsp3) is 0.500. The van der Waals surface area contributed by atoms with Crippen LogP contribution in [0.5, 0.6) is 0 Å². The first-order valence-electron chi connectivity index (χ1n) is 9.80. The first-order valence-corrected chi connectivity index (χ1v) is 9.80. The van der Waals surface area contributed by atoms with Crippen LogP contribution in [0.25, 0.3) is 0 Å². The number of hydrogen-bond donors (Lipinski definition) is 1. The summed E-state index contributed by atoms with van der Waals surface area (Å²) < 4.78 is 7.18. The molecule has 4 rings (SSSR count). The van der Waals surface area contributed by atoms with E-state index in [1.165, 1.54) is 0 Å². The van der Waals surface area contributed by atoms with Crippen molar-refractivity contribution in [2.24, 2.45) is 5.92 Å². The van der Waals surface area contributed by atoms with Gasteiger partial charge < -0.3 is 15.0 Å². The Labute approximate surface area is 163 Å². The molecule has 2 aromatic heterocycles. The molecule has 0 radical (unpaired) electrons. The lowest BCUT2D eigenvalue weighted by molar-refractivity contribution is -0.131. The smallest absolute Gasteiger partial charge is 0.231 e. The monoisotopic (exact) mass is 383 g/mol. The van der Waals surface area contributed by atoms with Crippen molar-refractivity contribution in [1.29, 1.82) is 0 Å². The third-order valence-electron chi connectivity index (χ3n) is 5.44. The molecule has 0 saturated carbocycles. The maximum atomic E-state index is 12.5. The SMILES string of the molecule is O=C(Nc1ccnn1C1CCN(C(=O)Cc2ccccn2)CC1)C1CCOC1. The Morgan fingerprint density at radius 3 is 2.71 bits per heavy atom. The van der Waals surface area contributed by atoms with Crippen LogP contribution in [0.2, 0.25) is 0 Å². The highest BCUT2D eigenvalue weighted by atomic mass is 16.5. The molecule has 148 valence electrons. The van der Waals surface area contributed by atoms with Gasteiger partial charge in [0.15, 0.2) is 0 Å². The zero-order chi connectivity index (χ0) is 19.3. The quantitative estimate of drug-likeness (QED) is 0.848. The number of aromatic nitrogens is 3. The normalized spacial score (nSPS) is 20.3.